The highest BCUT2D eigenvalue weighted by atomic mass is 35.5. The Morgan fingerprint density at radius 3 is 2.47 bits per heavy atom. The van der Waals surface area contributed by atoms with Gasteiger partial charge < -0.3 is 14.7 Å². The van der Waals surface area contributed by atoms with Crippen molar-refractivity contribution >= 4 is 46.5 Å². The lowest BCUT2D eigenvalue weighted by molar-refractivity contribution is 0.334. The lowest BCUT2D eigenvalue weighted by Gasteiger charge is -2.38. The second-order valence-electron chi connectivity index (χ2n) is 9.28. The molecule has 9 heteroatoms. The standard InChI is InChI=1S/C25H34ClN7.ClH/c1-3-21-23-24(30-29-21)27-17-28-25(23)33-13-11-32(12-14-33)22-16-20(26)15-19(18(22)2)7-6-10-31-8-4-5-9-31;/h15-17H,3-14H2,1-2H3,(H,27,28,29,30);1H. The number of H-pyrrole nitrogens is 1. The van der Waals surface area contributed by atoms with E-state index in [1.54, 1.807) is 6.33 Å². The molecule has 0 bridgehead atoms. The summed E-state index contributed by atoms with van der Waals surface area (Å²) in [7, 11) is 0. The number of aromatic nitrogens is 4. The fourth-order valence-corrected chi connectivity index (χ4v) is 5.60. The number of aromatic amines is 1. The number of benzene rings is 1. The number of fused-ring (bicyclic) bond motifs is 1. The van der Waals surface area contributed by atoms with Crippen LogP contribution in [0, 0.1) is 6.92 Å². The maximum atomic E-state index is 6.58. The minimum absolute atomic E-state index is 0. The Bertz CT molecular complexity index is 1100. The van der Waals surface area contributed by atoms with E-state index in [2.05, 4.69) is 60.8 Å². The van der Waals surface area contributed by atoms with Gasteiger partial charge in [0.05, 0.1) is 11.1 Å². The number of piperazine rings is 1. The molecule has 2 aliphatic rings. The highest BCUT2D eigenvalue weighted by molar-refractivity contribution is 6.31. The number of rotatable bonds is 7. The Morgan fingerprint density at radius 2 is 1.74 bits per heavy atom. The number of likely N-dealkylation sites (tertiary alicyclic amines) is 1. The van der Waals surface area contributed by atoms with Gasteiger partial charge in [0.1, 0.15) is 12.1 Å². The number of nitrogens with one attached hydrogen (secondary N) is 1. The average Bonchev–Trinajstić information content (AvgIpc) is 3.51. The first kappa shape index (κ1) is 25.0. The zero-order valence-electron chi connectivity index (χ0n) is 20.2. The van der Waals surface area contributed by atoms with E-state index in [0.717, 1.165) is 66.6 Å². The van der Waals surface area contributed by atoms with E-state index >= 15 is 0 Å². The third kappa shape index (κ3) is 5.11. The Hall–Kier alpha value is -2.09. The monoisotopic (exact) mass is 503 g/mol. The van der Waals surface area contributed by atoms with Gasteiger partial charge in [-0.2, -0.15) is 5.10 Å². The molecule has 1 N–H and O–H groups in total. The molecule has 1 aromatic carbocycles. The van der Waals surface area contributed by atoms with Crippen molar-refractivity contribution < 1.29 is 0 Å². The molecular formula is C25H35Cl2N7. The lowest BCUT2D eigenvalue weighted by atomic mass is 10.0. The number of hydrogen-bond acceptors (Lipinski definition) is 6. The molecule has 0 saturated carbocycles. The molecule has 184 valence electrons. The molecule has 2 fully saturated rings. The fourth-order valence-electron chi connectivity index (χ4n) is 5.37. The highest BCUT2D eigenvalue weighted by Crippen LogP contribution is 2.31. The van der Waals surface area contributed by atoms with Crippen molar-refractivity contribution in [3.8, 4) is 0 Å². The Kier molecular flexibility index (Phi) is 8.17. The molecule has 2 saturated heterocycles. The van der Waals surface area contributed by atoms with E-state index in [9.17, 15) is 0 Å². The Labute approximate surface area is 213 Å². The Morgan fingerprint density at radius 1 is 1.00 bits per heavy atom. The molecule has 5 rings (SSSR count). The van der Waals surface area contributed by atoms with E-state index in [1.165, 1.54) is 55.7 Å². The van der Waals surface area contributed by atoms with Crippen LogP contribution in [0.2, 0.25) is 5.02 Å². The molecule has 0 aliphatic carbocycles. The van der Waals surface area contributed by atoms with E-state index in [4.69, 9.17) is 11.6 Å². The van der Waals surface area contributed by atoms with E-state index in [-0.39, 0.29) is 12.4 Å². The molecule has 7 nitrogen and oxygen atoms in total. The maximum Gasteiger partial charge on any atom is 0.160 e. The molecule has 0 amide bonds. The molecular weight excluding hydrogens is 469 g/mol. The summed E-state index contributed by atoms with van der Waals surface area (Å²) in [4.78, 5) is 16.4. The van der Waals surface area contributed by atoms with E-state index in [1.807, 2.05) is 0 Å². The van der Waals surface area contributed by atoms with Crippen LogP contribution in [0.25, 0.3) is 11.0 Å². The van der Waals surface area contributed by atoms with Crippen LogP contribution < -0.4 is 9.80 Å². The summed E-state index contributed by atoms with van der Waals surface area (Å²) in [6.07, 6.45) is 7.50. The second kappa shape index (κ2) is 11.1. The van der Waals surface area contributed by atoms with Gasteiger partial charge >= 0.3 is 0 Å². The van der Waals surface area contributed by atoms with E-state index in [0.29, 0.717) is 0 Å². The number of halogens is 2. The topological polar surface area (TPSA) is 64.2 Å². The van der Waals surface area contributed by atoms with Crippen molar-refractivity contribution in [2.45, 2.75) is 46.0 Å². The van der Waals surface area contributed by atoms with Gasteiger partial charge in [-0.05, 0) is 81.9 Å². The number of nitrogens with zero attached hydrogens (tertiary/aromatic N) is 6. The summed E-state index contributed by atoms with van der Waals surface area (Å²) in [5, 5.41) is 9.39. The van der Waals surface area contributed by atoms with Gasteiger partial charge in [-0.3, -0.25) is 5.10 Å². The predicted molar refractivity (Wildman–Crippen MR) is 143 cm³/mol. The minimum Gasteiger partial charge on any atom is -0.368 e. The molecule has 0 unspecified atom stereocenters. The SMILES string of the molecule is CCc1n[nH]c2ncnc(N3CCN(c4cc(Cl)cc(CCCN5CCCC5)c4C)CC3)c12.Cl. The predicted octanol–water partition coefficient (Wildman–Crippen LogP) is 4.65. The highest BCUT2D eigenvalue weighted by Gasteiger charge is 2.24. The molecule has 4 heterocycles. The van der Waals surface area contributed by atoms with Crippen LogP contribution in [0.4, 0.5) is 11.5 Å². The molecule has 2 aliphatic heterocycles. The zero-order chi connectivity index (χ0) is 22.8. The van der Waals surface area contributed by atoms with Crippen molar-refractivity contribution in [2.75, 3.05) is 55.6 Å². The van der Waals surface area contributed by atoms with Crippen molar-refractivity contribution in [3.63, 3.8) is 0 Å². The van der Waals surface area contributed by atoms with Gasteiger partial charge in [-0.15, -0.1) is 12.4 Å². The van der Waals surface area contributed by atoms with Gasteiger partial charge in [0.2, 0.25) is 0 Å². The van der Waals surface area contributed by atoms with Crippen LogP contribution in [0.3, 0.4) is 0 Å². The van der Waals surface area contributed by atoms with Crippen LogP contribution in [0.1, 0.15) is 43.0 Å². The molecule has 2 aromatic heterocycles. The number of aryl methyl sites for hydroxylation is 2. The van der Waals surface area contributed by atoms with Crippen LogP contribution in [0.5, 0.6) is 0 Å². The van der Waals surface area contributed by atoms with Gasteiger partial charge in [-0.25, -0.2) is 9.97 Å². The second-order valence-corrected chi connectivity index (χ2v) is 9.72. The van der Waals surface area contributed by atoms with Crippen LogP contribution in [-0.4, -0.2) is 70.9 Å². The summed E-state index contributed by atoms with van der Waals surface area (Å²) in [5.74, 6) is 0.996. The molecule has 0 atom stereocenters. The number of hydrogen-bond donors (Lipinski definition) is 1. The van der Waals surface area contributed by atoms with E-state index < -0.39 is 0 Å². The van der Waals surface area contributed by atoms with Gasteiger partial charge in [-0.1, -0.05) is 18.5 Å². The molecule has 0 spiro atoms. The normalized spacial score (nSPS) is 16.9. The summed E-state index contributed by atoms with van der Waals surface area (Å²) < 4.78 is 0. The smallest absolute Gasteiger partial charge is 0.160 e. The van der Waals surface area contributed by atoms with Gasteiger partial charge in [0, 0.05) is 36.9 Å². The molecule has 0 radical (unpaired) electrons. The third-order valence-electron chi connectivity index (χ3n) is 7.24. The Balaban J connectivity index is 0.00000274. The minimum atomic E-state index is 0. The summed E-state index contributed by atoms with van der Waals surface area (Å²) in [6, 6.07) is 4.31. The van der Waals surface area contributed by atoms with Gasteiger partial charge in [0.15, 0.2) is 5.65 Å². The van der Waals surface area contributed by atoms with Crippen LogP contribution in [0.15, 0.2) is 18.5 Å². The first-order chi connectivity index (χ1) is 16.1. The van der Waals surface area contributed by atoms with Crippen molar-refractivity contribution in [1.82, 2.24) is 25.1 Å². The van der Waals surface area contributed by atoms with Crippen molar-refractivity contribution in [2.24, 2.45) is 0 Å². The first-order valence-electron chi connectivity index (χ1n) is 12.3. The fraction of sp³-hybridized carbons (Fsp3) is 0.560. The lowest BCUT2D eigenvalue weighted by Crippen LogP contribution is -2.47. The number of anilines is 2. The zero-order valence-corrected chi connectivity index (χ0v) is 21.8. The largest absolute Gasteiger partial charge is 0.368 e. The molecule has 34 heavy (non-hydrogen) atoms. The summed E-state index contributed by atoms with van der Waals surface area (Å²) in [5.41, 5.74) is 5.91. The van der Waals surface area contributed by atoms with Crippen LogP contribution >= 0.6 is 24.0 Å². The van der Waals surface area contributed by atoms with Crippen molar-refractivity contribution in [1.29, 1.82) is 0 Å². The summed E-state index contributed by atoms with van der Waals surface area (Å²) >= 11 is 6.58. The van der Waals surface area contributed by atoms with Crippen LogP contribution in [-0.2, 0) is 12.8 Å². The van der Waals surface area contributed by atoms with Gasteiger partial charge in [0.25, 0.3) is 0 Å². The first-order valence-corrected chi connectivity index (χ1v) is 12.7. The molecule has 3 aromatic rings. The summed E-state index contributed by atoms with van der Waals surface area (Å²) in [6.45, 7) is 11.8. The maximum absolute atomic E-state index is 6.58. The average molecular weight is 505 g/mol. The quantitative estimate of drug-likeness (QED) is 0.505. The third-order valence-corrected chi connectivity index (χ3v) is 7.46. The van der Waals surface area contributed by atoms with Crippen molar-refractivity contribution in [3.05, 3.63) is 40.3 Å².